The lowest BCUT2D eigenvalue weighted by Gasteiger charge is -2.21. The van der Waals surface area contributed by atoms with Crippen molar-refractivity contribution in [3.05, 3.63) is 35.1 Å². The van der Waals surface area contributed by atoms with Gasteiger partial charge in [0, 0.05) is 5.56 Å². The number of carbonyl (C=O) groups excluding carboxylic acids is 1. The van der Waals surface area contributed by atoms with Crippen LogP contribution in [0, 0.1) is 12.7 Å². The first-order chi connectivity index (χ1) is 8.40. The lowest BCUT2D eigenvalue weighted by molar-refractivity contribution is 0.0981. The standard InChI is InChI=1S/C13H15FO3S/c1-9-6-10(8-11(14)7-9)13(15)12-4-2-3-5-18(12,16)17/h6-8,12H,2-5H2,1H3. The predicted octanol–water partition coefficient (Wildman–Crippen LogP) is 2.28. The molecule has 2 rings (SSSR count). The van der Waals surface area contributed by atoms with Crippen LogP contribution in [0.3, 0.4) is 0 Å². The summed E-state index contributed by atoms with van der Waals surface area (Å²) >= 11 is 0. The van der Waals surface area contributed by atoms with E-state index in [2.05, 4.69) is 0 Å². The molecule has 0 aliphatic carbocycles. The summed E-state index contributed by atoms with van der Waals surface area (Å²) in [4.78, 5) is 12.2. The third-order valence-electron chi connectivity index (χ3n) is 3.20. The highest BCUT2D eigenvalue weighted by atomic mass is 32.2. The first-order valence-corrected chi connectivity index (χ1v) is 7.65. The first kappa shape index (κ1) is 13.2. The van der Waals surface area contributed by atoms with Gasteiger partial charge in [0.05, 0.1) is 5.75 Å². The van der Waals surface area contributed by atoms with Crippen molar-refractivity contribution in [1.82, 2.24) is 0 Å². The predicted molar refractivity (Wildman–Crippen MR) is 66.9 cm³/mol. The van der Waals surface area contributed by atoms with Gasteiger partial charge in [0.1, 0.15) is 11.1 Å². The van der Waals surface area contributed by atoms with E-state index in [0.29, 0.717) is 18.4 Å². The van der Waals surface area contributed by atoms with Crippen LogP contribution in [0.1, 0.15) is 35.2 Å². The Morgan fingerprint density at radius 2 is 2.00 bits per heavy atom. The fraction of sp³-hybridized carbons (Fsp3) is 0.462. The minimum Gasteiger partial charge on any atom is -0.293 e. The molecular weight excluding hydrogens is 255 g/mol. The highest BCUT2D eigenvalue weighted by Crippen LogP contribution is 2.23. The Morgan fingerprint density at radius 3 is 2.61 bits per heavy atom. The fourth-order valence-electron chi connectivity index (χ4n) is 2.31. The normalized spacial score (nSPS) is 22.7. The fourth-order valence-corrected chi connectivity index (χ4v) is 4.19. The monoisotopic (exact) mass is 270 g/mol. The number of sulfone groups is 1. The van der Waals surface area contributed by atoms with Gasteiger partial charge in [-0.2, -0.15) is 0 Å². The molecule has 0 radical (unpaired) electrons. The number of halogens is 1. The quantitative estimate of drug-likeness (QED) is 0.775. The Hall–Kier alpha value is -1.23. The number of aryl methyl sites for hydroxylation is 1. The van der Waals surface area contributed by atoms with Gasteiger partial charge in [-0.25, -0.2) is 12.8 Å². The third-order valence-corrected chi connectivity index (χ3v) is 5.37. The topological polar surface area (TPSA) is 51.2 Å². The molecule has 0 aromatic heterocycles. The van der Waals surface area contributed by atoms with E-state index >= 15 is 0 Å². The lowest BCUT2D eigenvalue weighted by Crippen LogP contribution is -2.35. The molecule has 0 amide bonds. The summed E-state index contributed by atoms with van der Waals surface area (Å²) < 4.78 is 37.0. The van der Waals surface area contributed by atoms with Gasteiger partial charge in [-0.3, -0.25) is 4.79 Å². The van der Waals surface area contributed by atoms with E-state index < -0.39 is 26.7 Å². The smallest absolute Gasteiger partial charge is 0.181 e. The van der Waals surface area contributed by atoms with Crippen molar-refractivity contribution in [2.24, 2.45) is 0 Å². The van der Waals surface area contributed by atoms with E-state index in [4.69, 9.17) is 0 Å². The Balaban J connectivity index is 2.36. The lowest BCUT2D eigenvalue weighted by atomic mass is 10.0. The number of rotatable bonds is 2. The van der Waals surface area contributed by atoms with Gasteiger partial charge in [-0.1, -0.05) is 6.42 Å². The van der Waals surface area contributed by atoms with Crippen molar-refractivity contribution in [2.75, 3.05) is 5.75 Å². The molecule has 1 unspecified atom stereocenters. The van der Waals surface area contributed by atoms with Crippen molar-refractivity contribution < 1.29 is 17.6 Å². The molecule has 1 aromatic carbocycles. The van der Waals surface area contributed by atoms with Crippen molar-refractivity contribution in [3.8, 4) is 0 Å². The van der Waals surface area contributed by atoms with Crippen LogP contribution in [0.4, 0.5) is 4.39 Å². The molecule has 1 aromatic rings. The second-order valence-corrected chi connectivity index (χ2v) is 7.04. The van der Waals surface area contributed by atoms with Crippen LogP contribution in [0.25, 0.3) is 0 Å². The van der Waals surface area contributed by atoms with E-state index in [0.717, 1.165) is 12.5 Å². The number of ketones is 1. The zero-order chi connectivity index (χ0) is 13.3. The van der Waals surface area contributed by atoms with Gasteiger partial charge in [0.25, 0.3) is 0 Å². The van der Waals surface area contributed by atoms with Crippen LogP contribution >= 0.6 is 0 Å². The van der Waals surface area contributed by atoms with Gasteiger partial charge in [0.2, 0.25) is 0 Å². The van der Waals surface area contributed by atoms with Gasteiger partial charge in [-0.15, -0.1) is 0 Å². The van der Waals surface area contributed by atoms with E-state index in [1.54, 1.807) is 6.92 Å². The van der Waals surface area contributed by atoms with Crippen molar-refractivity contribution in [3.63, 3.8) is 0 Å². The summed E-state index contributed by atoms with van der Waals surface area (Å²) in [5, 5.41) is -0.993. The zero-order valence-electron chi connectivity index (χ0n) is 10.1. The largest absolute Gasteiger partial charge is 0.293 e. The van der Waals surface area contributed by atoms with Crippen LogP contribution in [-0.4, -0.2) is 25.2 Å². The summed E-state index contributed by atoms with van der Waals surface area (Å²) in [7, 11) is -3.37. The molecule has 0 spiro atoms. The summed E-state index contributed by atoms with van der Waals surface area (Å²) in [5.74, 6) is -0.929. The second-order valence-electron chi connectivity index (χ2n) is 4.73. The Labute approximate surface area is 106 Å². The molecule has 3 nitrogen and oxygen atoms in total. The maximum Gasteiger partial charge on any atom is 0.181 e. The third kappa shape index (κ3) is 2.61. The minimum absolute atomic E-state index is 0.0533. The Bertz CT molecular complexity index is 558. The molecule has 1 fully saturated rings. The minimum atomic E-state index is -3.37. The molecule has 1 aliphatic rings. The summed E-state index contributed by atoms with van der Waals surface area (Å²) in [6.07, 6.45) is 1.68. The number of carbonyl (C=O) groups is 1. The van der Waals surface area contributed by atoms with E-state index in [9.17, 15) is 17.6 Å². The van der Waals surface area contributed by atoms with Crippen LogP contribution in [0.5, 0.6) is 0 Å². The highest BCUT2D eigenvalue weighted by molar-refractivity contribution is 7.92. The maximum absolute atomic E-state index is 13.2. The molecule has 1 saturated heterocycles. The van der Waals surface area contributed by atoms with Gasteiger partial charge in [0.15, 0.2) is 15.6 Å². The van der Waals surface area contributed by atoms with Crippen LogP contribution in [-0.2, 0) is 9.84 Å². The van der Waals surface area contributed by atoms with Gasteiger partial charge < -0.3 is 0 Å². The van der Waals surface area contributed by atoms with Gasteiger partial charge >= 0.3 is 0 Å². The van der Waals surface area contributed by atoms with Crippen molar-refractivity contribution in [2.45, 2.75) is 31.4 Å². The molecular formula is C13H15FO3S. The summed E-state index contributed by atoms with van der Waals surface area (Å²) in [5.41, 5.74) is 0.773. The molecule has 18 heavy (non-hydrogen) atoms. The zero-order valence-corrected chi connectivity index (χ0v) is 11.0. The van der Waals surface area contributed by atoms with Crippen molar-refractivity contribution in [1.29, 1.82) is 0 Å². The molecule has 5 heteroatoms. The van der Waals surface area contributed by atoms with E-state index in [1.807, 2.05) is 0 Å². The molecule has 1 heterocycles. The number of hydrogen-bond donors (Lipinski definition) is 0. The number of hydrogen-bond acceptors (Lipinski definition) is 3. The molecule has 0 saturated carbocycles. The molecule has 1 aliphatic heterocycles. The van der Waals surface area contributed by atoms with Crippen molar-refractivity contribution >= 4 is 15.6 Å². The first-order valence-electron chi connectivity index (χ1n) is 5.93. The summed E-state index contributed by atoms with van der Waals surface area (Å²) in [6.45, 7) is 1.68. The summed E-state index contributed by atoms with van der Waals surface area (Å²) in [6, 6.07) is 3.96. The Morgan fingerprint density at radius 1 is 1.28 bits per heavy atom. The maximum atomic E-state index is 13.2. The molecule has 98 valence electrons. The molecule has 0 bridgehead atoms. The van der Waals surface area contributed by atoms with E-state index in [-0.39, 0.29) is 11.3 Å². The average molecular weight is 270 g/mol. The van der Waals surface area contributed by atoms with Crippen LogP contribution in [0.15, 0.2) is 18.2 Å². The average Bonchev–Trinajstić information content (AvgIpc) is 2.26. The SMILES string of the molecule is Cc1cc(F)cc(C(=O)C2CCCCS2(=O)=O)c1. The second kappa shape index (κ2) is 4.80. The number of benzene rings is 1. The van der Waals surface area contributed by atoms with Crippen LogP contribution in [0.2, 0.25) is 0 Å². The van der Waals surface area contributed by atoms with Crippen LogP contribution < -0.4 is 0 Å². The molecule has 1 atom stereocenters. The highest BCUT2D eigenvalue weighted by Gasteiger charge is 2.35. The number of Topliss-reactive ketones (excluding diaryl/α,β-unsaturated/α-hetero) is 1. The molecule has 0 N–H and O–H groups in total. The Kier molecular flexibility index (Phi) is 3.52. The van der Waals surface area contributed by atoms with E-state index in [1.165, 1.54) is 12.1 Å². The van der Waals surface area contributed by atoms with Gasteiger partial charge in [-0.05, 0) is 43.5 Å².